The summed E-state index contributed by atoms with van der Waals surface area (Å²) in [5.74, 6) is 0.453. The normalized spacial score (nSPS) is 17.0. The lowest BCUT2D eigenvalue weighted by molar-refractivity contribution is 0.0816. The average molecular weight is 295 g/mol. The molecule has 1 heterocycles. The van der Waals surface area contributed by atoms with Gasteiger partial charge in [-0.25, -0.2) is 0 Å². The number of hydrogen-bond donors (Lipinski definition) is 1. The minimum Gasteiger partial charge on any atom is -0.393 e. The Kier molecular flexibility index (Phi) is 5.25. The van der Waals surface area contributed by atoms with Gasteiger partial charge >= 0.3 is 0 Å². The second-order valence-electron chi connectivity index (χ2n) is 6.24. The van der Waals surface area contributed by atoms with Crippen LogP contribution in [0.2, 0.25) is 0 Å². The van der Waals surface area contributed by atoms with E-state index in [1.54, 1.807) is 0 Å². The number of aliphatic hydroxyl groups excluding tert-OH is 1. The van der Waals surface area contributed by atoms with Gasteiger partial charge in [0, 0.05) is 19.0 Å². The molecule has 2 aromatic rings. The summed E-state index contributed by atoms with van der Waals surface area (Å²) >= 11 is 0. The fourth-order valence-electron chi connectivity index (χ4n) is 3.35. The molecule has 0 aliphatic carbocycles. The first-order valence-electron chi connectivity index (χ1n) is 8.33. The second kappa shape index (κ2) is 7.57. The van der Waals surface area contributed by atoms with Gasteiger partial charge in [0.1, 0.15) is 0 Å². The Morgan fingerprint density at radius 3 is 1.86 bits per heavy atom. The van der Waals surface area contributed by atoms with Crippen LogP contribution in [0.4, 0.5) is 0 Å². The van der Waals surface area contributed by atoms with Crippen LogP contribution in [0.5, 0.6) is 0 Å². The van der Waals surface area contributed by atoms with Gasteiger partial charge in [-0.1, -0.05) is 60.7 Å². The first-order chi connectivity index (χ1) is 10.8. The molecule has 0 saturated carbocycles. The van der Waals surface area contributed by atoms with E-state index in [1.165, 1.54) is 11.1 Å². The van der Waals surface area contributed by atoms with E-state index in [0.717, 1.165) is 38.9 Å². The SMILES string of the molecule is OC1CCN(CCC(c2ccccc2)c2ccccc2)CC1. The van der Waals surface area contributed by atoms with Crippen molar-refractivity contribution in [3.05, 3.63) is 71.8 Å². The fraction of sp³-hybridized carbons (Fsp3) is 0.400. The van der Waals surface area contributed by atoms with Gasteiger partial charge in [-0.2, -0.15) is 0 Å². The molecule has 1 saturated heterocycles. The van der Waals surface area contributed by atoms with Crippen molar-refractivity contribution in [1.82, 2.24) is 4.90 Å². The predicted octanol–water partition coefficient (Wildman–Crippen LogP) is 3.67. The van der Waals surface area contributed by atoms with Crippen molar-refractivity contribution < 1.29 is 5.11 Å². The maximum absolute atomic E-state index is 9.63. The largest absolute Gasteiger partial charge is 0.393 e. The number of likely N-dealkylation sites (tertiary alicyclic amines) is 1. The highest BCUT2D eigenvalue weighted by Crippen LogP contribution is 2.28. The fourth-order valence-corrected chi connectivity index (χ4v) is 3.35. The number of aliphatic hydroxyl groups is 1. The molecule has 0 atom stereocenters. The molecule has 1 fully saturated rings. The first-order valence-corrected chi connectivity index (χ1v) is 8.33. The molecule has 0 radical (unpaired) electrons. The standard InChI is InChI=1S/C20H25NO/c22-19-11-14-21(15-12-19)16-13-20(17-7-3-1-4-8-17)18-9-5-2-6-10-18/h1-10,19-20,22H,11-16H2. The van der Waals surface area contributed by atoms with E-state index in [0.29, 0.717) is 5.92 Å². The van der Waals surface area contributed by atoms with E-state index in [1.807, 2.05) is 0 Å². The number of benzene rings is 2. The summed E-state index contributed by atoms with van der Waals surface area (Å²) in [6.45, 7) is 3.15. The van der Waals surface area contributed by atoms with Crippen LogP contribution in [0.15, 0.2) is 60.7 Å². The van der Waals surface area contributed by atoms with Crippen molar-refractivity contribution in [3.8, 4) is 0 Å². The van der Waals surface area contributed by atoms with Gasteiger partial charge in [0.15, 0.2) is 0 Å². The molecule has 2 heteroatoms. The van der Waals surface area contributed by atoms with Gasteiger partial charge in [0.2, 0.25) is 0 Å². The highest BCUT2D eigenvalue weighted by atomic mass is 16.3. The van der Waals surface area contributed by atoms with E-state index < -0.39 is 0 Å². The van der Waals surface area contributed by atoms with Crippen molar-refractivity contribution in [2.75, 3.05) is 19.6 Å². The van der Waals surface area contributed by atoms with Crippen LogP contribution >= 0.6 is 0 Å². The van der Waals surface area contributed by atoms with Crippen LogP contribution in [0.3, 0.4) is 0 Å². The van der Waals surface area contributed by atoms with E-state index in [-0.39, 0.29) is 6.10 Å². The lowest BCUT2D eigenvalue weighted by atomic mass is 9.88. The second-order valence-corrected chi connectivity index (χ2v) is 6.24. The van der Waals surface area contributed by atoms with Crippen molar-refractivity contribution >= 4 is 0 Å². The molecule has 1 aliphatic rings. The Balaban J connectivity index is 1.70. The molecule has 1 N–H and O–H groups in total. The Morgan fingerprint density at radius 2 is 1.36 bits per heavy atom. The Morgan fingerprint density at radius 1 is 0.864 bits per heavy atom. The summed E-state index contributed by atoms with van der Waals surface area (Å²) in [7, 11) is 0. The lowest BCUT2D eigenvalue weighted by Crippen LogP contribution is -2.36. The monoisotopic (exact) mass is 295 g/mol. The molecular formula is C20H25NO. The van der Waals surface area contributed by atoms with Gasteiger partial charge < -0.3 is 10.0 Å². The smallest absolute Gasteiger partial charge is 0.0564 e. The number of hydrogen-bond acceptors (Lipinski definition) is 2. The van der Waals surface area contributed by atoms with Crippen molar-refractivity contribution in [2.45, 2.75) is 31.3 Å². The third kappa shape index (κ3) is 3.96. The summed E-state index contributed by atoms with van der Waals surface area (Å²) in [6, 6.07) is 21.6. The van der Waals surface area contributed by atoms with Crippen LogP contribution in [0.25, 0.3) is 0 Å². The molecule has 22 heavy (non-hydrogen) atoms. The number of rotatable bonds is 5. The van der Waals surface area contributed by atoms with Gasteiger partial charge in [0.25, 0.3) is 0 Å². The van der Waals surface area contributed by atoms with E-state index in [4.69, 9.17) is 0 Å². The third-order valence-corrected chi connectivity index (χ3v) is 4.69. The van der Waals surface area contributed by atoms with E-state index in [2.05, 4.69) is 65.6 Å². The maximum Gasteiger partial charge on any atom is 0.0564 e. The lowest BCUT2D eigenvalue weighted by Gasteiger charge is -2.31. The Hall–Kier alpha value is -1.64. The molecule has 116 valence electrons. The summed E-state index contributed by atoms with van der Waals surface area (Å²) < 4.78 is 0. The molecule has 2 nitrogen and oxygen atoms in total. The van der Waals surface area contributed by atoms with Crippen LogP contribution in [-0.2, 0) is 0 Å². The van der Waals surface area contributed by atoms with Crippen LogP contribution in [0.1, 0.15) is 36.3 Å². The van der Waals surface area contributed by atoms with Crippen molar-refractivity contribution in [1.29, 1.82) is 0 Å². The summed E-state index contributed by atoms with van der Waals surface area (Å²) in [5, 5.41) is 9.63. The van der Waals surface area contributed by atoms with Crippen LogP contribution in [0, 0.1) is 0 Å². The molecule has 0 amide bonds. The van der Waals surface area contributed by atoms with Gasteiger partial charge in [-0.05, 0) is 36.9 Å². The minimum absolute atomic E-state index is 0.0877. The van der Waals surface area contributed by atoms with Gasteiger partial charge in [0.05, 0.1) is 6.10 Å². The summed E-state index contributed by atoms with van der Waals surface area (Å²) in [5.41, 5.74) is 2.79. The quantitative estimate of drug-likeness (QED) is 0.910. The molecule has 3 rings (SSSR count). The van der Waals surface area contributed by atoms with Gasteiger partial charge in [-0.3, -0.25) is 0 Å². The zero-order chi connectivity index (χ0) is 15.2. The molecule has 0 aromatic heterocycles. The third-order valence-electron chi connectivity index (χ3n) is 4.69. The Bertz CT molecular complexity index is 507. The predicted molar refractivity (Wildman–Crippen MR) is 91.0 cm³/mol. The topological polar surface area (TPSA) is 23.5 Å². The van der Waals surface area contributed by atoms with E-state index >= 15 is 0 Å². The molecule has 0 spiro atoms. The zero-order valence-electron chi connectivity index (χ0n) is 13.1. The first kappa shape index (κ1) is 15.3. The summed E-state index contributed by atoms with van der Waals surface area (Å²) in [4.78, 5) is 2.49. The number of piperidine rings is 1. The average Bonchev–Trinajstić information content (AvgIpc) is 2.59. The molecular weight excluding hydrogens is 270 g/mol. The van der Waals surface area contributed by atoms with Crippen LogP contribution < -0.4 is 0 Å². The highest BCUT2D eigenvalue weighted by Gasteiger charge is 2.19. The molecule has 0 unspecified atom stereocenters. The molecule has 0 bridgehead atoms. The number of nitrogens with zero attached hydrogens (tertiary/aromatic N) is 1. The van der Waals surface area contributed by atoms with Gasteiger partial charge in [-0.15, -0.1) is 0 Å². The van der Waals surface area contributed by atoms with E-state index in [9.17, 15) is 5.11 Å². The minimum atomic E-state index is -0.0877. The highest BCUT2D eigenvalue weighted by molar-refractivity contribution is 5.32. The summed E-state index contributed by atoms with van der Waals surface area (Å²) in [6.07, 6.45) is 2.88. The van der Waals surface area contributed by atoms with Crippen molar-refractivity contribution in [2.24, 2.45) is 0 Å². The molecule has 1 aliphatic heterocycles. The maximum atomic E-state index is 9.63. The Labute approximate surface area is 133 Å². The molecule has 2 aromatic carbocycles. The zero-order valence-corrected chi connectivity index (χ0v) is 13.1. The van der Waals surface area contributed by atoms with Crippen LogP contribution in [-0.4, -0.2) is 35.7 Å². The van der Waals surface area contributed by atoms with Crippen molar-refractivity contribution in [3.63, 3.8) is 0 Å².